The molecule has 1 saturated heterocycles. The average molecular weight is 632 g/mol. The Morgan fingerprint density at radius 2 is 1.62 bits per heavy atom. The second-order valence-corrected chi connectivity index (χ2v) is 11.1. The molecule has 0 radical (unpaired) electrons. The molecule has 216 valence electrons. The summed E-state index contributed by atoms with van der Waals surface area (Å²) >= 11 is 3.50. The standard InChI is InChI=1S/C33H31BrN2O6/c1-3-42-32(39)24-15-17-35(18-16-24)30(37)23-11-9-21(10-12-23)20-36-29(33(40)41-2)28(22-7-5-4-6-8-22)27-19-25(34)13-14-26(27)31(36)38/h4-14,19,24H,3,15-18,20H2,1-2H3. The van der Waals surface area contributed by atoms with E-state index in [9.17, 15) is 19.2 Å². The summed E-state index contributed by atoms with van der Waals surface area (Å²) in [7, 11) is 1.30. The monoisotopic (exact) mass is 630 g/mol. The Hall–Kier alpha value is -4.24. The Bertz CT molecular complexity index is 1690. The second kappa shape index (κ2) is 12.7. The third-order valence-corrected chi connectivity index (χ3v) is 8.11. The number of methoxy groups -OCH3 is 1. The Morgan fingerprint density at radius 3 is 2.26 bits per heavy atom. The minimum atomic E-state index is -0.620. The lowest BCUT2D eigenvalue weighted by Gasteiger charge is -2.31. The Kier molecular flexibility index (Phi) is 8.87. The van der Waals surface area contributed by atoms with Gasteiger partial charge < -0.3 is 14.4 Å². The van der Waals surface area contributed by atoms with Crippen LogP contribution < -0.4 is 5.56 Å². The van der Waals surface area contributed by atoms with Crippen LogP contribution in [-0.2, 0) is 20.8 Å². The summed E-state index contributed by atoms with van der Waals surface area (Å²) in [6, 6.07) is 21.9. The maximum Gasteiger partial charge on any atom is 0.355 e. The zero-order valence-corrected chi connectivity index (χ0v) is 25.1. The van der Waals surface area contributed by atoms with Crippen molar-refractivity contribution in [2.24, 2.45) is 5.92 Å². The number of piperidine rings is 1. The molecule has 2 heterocycles. The number of benzene rings is 3. The summed E-state index contributed by atoms with van der Waals surface area (Å²) < 4.78 is 12.5. The summed E-state index contributed by atoms with van der Waals surface area (Å²) in [5.41, 5.74) is 2.49. The number of carbonyl (C=O) groups is 3. The topological polar surface area (TPSA) is 94.9 Å². The Balaban J connectivity index is 1.47. The van der Waals surface area contributed by atoms with Gasteiger partial charge in [-0.15, -0.1) is 0 Å². The van der Waals surface area contributed by atoms with Crippen LogP contribution in [0.5, 0.6) is 0 Å². The highest BCUT2D eigenvalue weighted by Gasteiger charge is 2.29. The first kappa shape index (κ1) is 29.3. The molecule has 0 unspecified atom stereocenters. The number of likely N-dealkylation sites (tertiary alicyclic amines) is 1. The van der Waals surface area contributed by atoms with E-state index < -0.39 is 5.97 Å². The summed E-state index contributed by atoms with van der Waals surface area (Å²) in [5, 5.41) is 1.12. The number of nitrogens with zero attached hydrogens (tertiary/aromatic N) is 2. The Labute approximate surface area is 252 Å². The maximum absolute atomic E-state index is 13.8. The van der Waals surface area contributed by atoms with E-state index in [-0.39, 0.29) is 35.6 Å². The van der Waals surface area contributed by atoms with E-state index in [0.717, 1.165) is 15.6 Å². The molecular formula is C33H31BrN2O6. The summed E-state index contributed by atoms with van der Waals surface area (Å²) in [6.45, 7) is 3.21. The van der Waals surface area contributed by atoms with Crippen LogP contribution in [-0.4, -0.2) is 54.1 Å². The first-order valence-electron chi connectivity index (χ1n) is 13.9. The van der Waals surface area contributed by atoms with Gasteiger partial charge in [0.1, 0.15) is 5.69 Å². The molecule has 0 spiro atoms. The van der Waals surface area contributed by atoms with Crippen molar-refractivity contribution < 1.29 is 23.9 Å². The molecular weight excluding hydrogens is 600 g/mol. The number of aromatic nitrogens is 1. The smallest absolute Gasteiger partial charge is 0.355 e. The van der Waals surface area contributed by atoms with Gasteiger partial charge in [0.05, 0.1) is 26.2 Å². The van der Waals surface area contributed by atoms with Gasteiger partial charge in [-0.25, -0.2) is 4.79 Å². The molecule has 42 heavy (non-hydrogen) atoms. The molecule has 1 aliphatic rings. The van der Waals surface area contributed by atoms with E-state index in [2.05, 4.69) is 15.9 Å². The molecule has 4 aromatic rings. The highest BCUT2D eigenvalue weighted by molar-refractivity contribution is 9.10. The van der Waals surface area contributed by atoms with Crippen molar-refractivity contribution in [1.29, 1.82) is 0 Å². The van der Waals surface area contributed by atoms with E-state index in [1.54, 1.807) is 48.2 Å². The zero-order valence-electron chi connectivity index (χ0n) is 23.5. The van der Waals surface area contributed by atoms with E-state index in [1.165, 1.54) is 11.7 Å². The molecule has 0 N–H and O–H groups in total. The minimum Gasteiger partial charge on any atom is -0.466 e. The SMILES string of the molecule is CCOC(=O)C1CCN(C(=O)c2ccc(Cn3c(C(=O)OC)c(-c4ccccc4)c4cc(Br)ccc4c3=O)cc2)CC1. The number of pyridine rings is 1. The van der Waals surface area contributed by atoms with Crippen LogP contribution in [0.15, 0.2) is 82.1 Å². The third kappa shape index (κ3) is 5.87. The number of hydrogen-bond acceptors (Lipinski definition) is 6. The number of hydrogen-bond donors (Lipinski definition) is 0. The minimum absolute atomic E-state index is 0.106. The van der Waals surface area contributed by atoms with E-state index >= 15 is 0 Å². The van der Waals surface area contributed by atoms with Gasteiger partial charge in [0.15, 0.2) is 0 Å². The lowest BCUT2D eigenvalue weighted by Crippen LogP contribution is -2.40. The molecule has 1 fully saturated rings. The molecule has 1 aromatic heterocycles. The fourth-order valence-corrected chi connectivity index (χ4v) is 5.83. The summed E-state index contributed by atoms with van der Waals surface area (Å²) in [5.74, 6) is -1.11. The molecule has 5 rings (SSSR count). The predicted molar refractivity (Wildman–Crippen MR) is 163 cm³/mol. The fraction of sp³-hybridized carbons (Fsp3) is 0.273. The van der Waals surface area contributed by atoms with Gasteiger partial charge in [0.25, 0.3) is 11.5 Å². The Morgan fingerprint density at radius 1 is 0.929 bits per heavy atom. The first-order valence-corrected chi connectivity index (χ1v) is 14.7. The van der Waals surface area contributed by atoms with Crippen LogP contribution >= 0.6 is 15.9 Å². The normalized spacial score (nSPS) is 13.6. The van der Waals surface area contributed by atoms with Crippen molar-refractivity contribution in [2.75, 3.05) is 26.8 Å². The van der Waals surface area contributed by atoms with Gasteiger partial charge in [-0.2, -0.15) is 0 Å². The number of fused-ring (bicyclic) bond motifs is 1. The van der Waals surface area contributed by atoms with Crippen molar-refractivity contribution in [2.45, 2.75) is 26.3 Å². The molecule has 1 amide bonds. The molecule has 0 atom stereocenters. The number of carbonyl (C=O) groups excluding carboxylic acids is 3. The predicted octanol–water partition coefficient (Wildman–Crippen LogP) is 5.68. The molecule has 0 bridgehead atoms. The molecule has 3 aromatic carbocycles. The van der Waals surface area contributed by atoms with Crippen LogP contribution in [0.1, 0.15) is 46.2 Å². The highest BCUT2D eigenvalue weighted by Crippen LogP contribution is 2.33. The maximum atomic E-state index is 13.8. The summed E-state index contributed by atoms with van der Waals surface area (Å²) in [6.07, 6.45) is 1.15. The van der Waals surface area contributed by atoms with Crippen LogP contribution in [0.2, 0.25) is 0 Å². The van der Waals surface area contributed by atoms with Crippen LogP contribution in [0.25, 0.3) is 21.9 Å². The lowest BCUT2D eigenvalue weighted by atomic mass is 9.96. The molecule has 1 aliphatic heterocycles. The largest absolute Gasteiger partial charge is 0.466 e. The average Bonchev–Trinajstić information content (AvgIpc) is 3.02. The van der Waals surface area contributed by atoms with E-state index in [4.69, 9.17) is 9.47 Å². The molecule has 0 saturated carbocycles. The fourth-order valence-electron chi connectivity index (χ4n) is 5.47. The number of esters is 2. The van der Waals surface area contributed by atoms with Gasteiger partial charge in [0.2, 0.25) is 0 Å². The van der Waals surface area contributed by atoms with Crippen molar-refractivity contribution in [3.8, 4) is 11.1 Å². The van der Waals surface area contributed by atoms with Crippen molar-refractivity contribution in [1.82, 2.24) is 9.47 Å². The first-order chi connectivity index (χ1) is 20.3. The summed E-state index contributed by atoms with van der Waals surface area (Å²) in [4.78, 5) is 54.0. The van der Waals surface area contributed by atoms with Crippen LogP contribution in [0.3, 0.4) is 0 Å². The van der Waals surface area contributed by atoms with Crippen LogP contribution in [0, 0.1) is 5.92 Å². The number of rotatable bonds is 7. The van der Waals surface area contributed by atoms with Crippen molar-refractivity contribution >= 4 is 44.5 Å². The molecule has 0 aliphatic carbocycles. The van der Waals surface area contributed by atoms with Crippen molar-refractivity contribution in [3.63, 3.8) is 0 Å². The van der Waals surface area contributed by atoms with Crippen molar-refractivity contribution in [3.05, 3.63) is 104 Å². The van der Waals surface area contributed by atoms with Crippen LogP contribution in [0.4, 0.5) is 0 Å². The lowest BCUT2D eigenvalue weighted by molar-refractivity contribution is -0.149. The molecule has 9 heteroatoms. The second-order valence-electron chi connectivity index (χ2n) is 10.2. The highest BCUT2D eigenvalue weighted by atomic mass is 79.9. The van der Waals surface area contributed by atoms with Gasteiger partial charge in [0, 0.05) is 34.1 Å². The quantitative estimate of drug-likeness (QED) is 0.244. The van der Waals surface area contributed by atoms with Gasteiger partial charge in [-0.3, -0.25) is 19.0 Å². The van der Waals surface area contributed by atoms with Gasteiger partial charge in [-0.05, 0) is 66.6 Å². The third-order valence-electron chi connectivity index (χ3n) is 7.62. The molecule has 8 nitrogen and oxygen atoms in total. The van der Waals surface area contributed by atoms with Gasteiger partial charge >= 0.3 is 11.9 Å². The van der Waals surface area contributed by atoms with E-state index in [1.807, 2.05) is 36.4 Å². The number of ether oxygens (including phenoxy) is 2. The zero-order chi connectivity index (χ0) is 29.8. The van der Waals surface area contributed by atoms with E-state index in [0.29, 0.717) is 54.4 Å². The number of amides is 1. The number of halogens is 1. The van der Waals surface area contributed by atoms with Gasteiger partial charge in [-0.1, -0.05) is 58.4 Å².